The van der Waals surface area contributed by atoms with Gasteiger partial charge in [-0.1, -0.05) is 6.07 Å². The first-order chi connectivity index (χ1) is 8.52. The van der Waals surface area contributed by atoms with E-state index in [0.29, 0.717) is 11.4 Å². The van der Waals surface area contributed by atoms with E-state index in [1.807, 2.05) is 6.26 Å². The van der Waals surface area contributed by atoms with Crippen LogP contribution in [0.1, 0.15) is 11.1 Å². The van der Waals surface area contributed by atoms with Crippen LogP contribution in [0.5, 0.6) is 0 Å². The van der Waals surface area contributed by atoms with E-state index in [9.17, 15) is 13.2 Å². The second kappa shape index (κ2) is 5.06. The molecule has 1 heterocycles. The molecular weight excluding hydrogens is 261 g/mol. The molecule has 2 nitrogen and oxygen atoms in total. The molecule has 96 valence electrons. The monoisotopic (exact) mass is 272 g/mol. The normalized spacial score (nSPS) is 11.8. The minimum absolute atomic E-state index is 0.525. The zero-order valence-electron chi connectivity index (χ0n) is 9.61. The largest absolute Gasteiger partial charge is 0.416 e. The van der Waals surface area contributed by atoms with Gasteiger partial charge in [-0.15, -0.1) is 0 Å². The summed E-state index contributed by atoms with van der Waals surface area (Å²) < 4.78 is 39.7. The Morgan fingerprint density at radius 2 is 2.11 bits per heavy atom. The lowest BCUT2D eigenvalue weighted by molar-refractivity contribution is -0.137. The molecule has 0 atom stereocenters. The van der Waals surface area contributed by atoms with E-state index in [0.717, 1.165) is 17.7 Å². The zero-order chi connectivity index (χ0) is 13.2. The second-order valence-corrected chi connectivity index (χ2v) is 4.61. The fraction of sp³-hybridized carbons (Fsp3) is 0.250. The maximum atomic E-state index is 12.7. The molecule has 18 heavy (non-hydrogen) atoms. The van der Waals surface area contributed by atoms with Gasteiger partial charge in [-0.2, -0.15) is 24.9 Å². The zero-order valence-corrected chi connectivity index (χ0v) is 10.4. The van der Waals surface area contributed by atoms with E-state index in [4.69, 9.17) is 0 Å². The lowest BCUT2D eigenvalue weighted by atomic mass is 10.1. The average Bonchev–Trinajstić information content (AvgIpc) is 2.82. The van der Waals surface area contributed by atoms with Crippen LogP contribution in [-0.2, 0) is 11.9 Å². The lowest BCUT2D eigenvalue weighted by Crippen LogP contribution is -2.07. The number of aromatic nitrogens is 2. The van der Waals surface area contributed by atoms with E-state index in [-0.39, 0.29) is 0 Å². The fourth-order valence-electron chi connectivity index (χ4n) is 1.66. The predicted molar refractivity (Wildman–Crippen MR) is 65.8 cm³/mol. The number of halogens is 3. The molecule has 0 radical (unpaired) electrons. The standard InChI is InChI=1S/C12H11F3N2S/c1-18-7-9-2-3-10(12(13,14)15)6-11(9)17-5-4-16-8-17/h2-6,8H,7H2,1H3. The van der Waals surface area contributed by atoms with Gasteiger partial charge in [0.25, 0.3) is 0 Å². The highest BCUT2D eigenvalue weighted by Gasteiger charge is 2.31. The minimum Gasteiger partial charge on any atom is -0.306 e. The topological polar surface area (TPSA) is 17.8 Å². The first-order valence-corrected chi connectivity index (χ1v) is 6.59. The van der Waals surface area contributed by atoms with Crippen molar-refractivity contribution in [3.63, 3.8) is 0 Å². The molecule has 0 spiro atoms. The molecule has 0 fully saturated rings. The molecule has 0 aliphatic carbocycles. The summed E-state index contributed by atoms with van der Waals surface area (Å²) >= 11 is 1.56. The van der Waals surface area contributed by atoms with Gasteiger partial charge in [-0.3, -0.25) is 0 Å². The number of hydrogen-bond donors (Lipinski definition) is 0. The van der Waals surface area contributed by atoms with Gasteiger partial charge in [0, 0.05) is 18.1 Å². The quantitative estimate of drug-likeness (QED) is 0.846. The Bertz CT molecular complexity index is 521. The third-order valence-electron chi connectivity index (χ3n) is 2.50. The minimum atomic E-state index is -4.33. The highest BCUT2D eigenvalue weighted by atomic mass is 32.2. The molecule has 0 amide bonds. The smallest absolute Gasteiger partial charge is 0.306 e. The maximum absolute atomic E-state index is 12.7. The summed E-state index contributed by atoms with van der Waals surface area (Å²) in [5.41, 5.74) is 0.737. The van der Waals surface area contributed by atoms with E-state index in [1.165, 1.54) is 12.4 Å². The first kappa shape index (κ1) is 13.0. The van der Waals surface area contributed by atoms with E-state index < -0.39 is 11.7 Å². The Kier molecular flexibility index (Phi) is 3.65. The van der Waals surface area contributed by atoms with E-state index >= 15 is 0 Å². The van der Waals surface area contributed by atoms with Crippen LogP contribution in [0.4, 0.5) is 13.2 Å². The molecular formula is C12H11F3N2S. The van der Waals surface area contributed by atoms with Crippen LogP contribution in [0.3, 0.4) is 0 Å². The second-order valence-electron chi connectivity index (χ2n) is 3.74. The van der Waals surface area contributed by atoms with Crippen LogP contribution >= 0.6 is 11.8 Å². The van der Waals surface area contributed by atoms with Crippen molar-refractivity contribution in [2.24, 2.45) is 0 Å². The molecule has 6 heteroatoms. The van der Waals surface area contributed by atoms with Crippen molar-refractivity contribution < 1.29 is 13.2 Å². The SMILES string of the molecule is CSCc1ccc(C(F)(F)F)cc1-n1ccnc1. The Morgan fingerprint density at radius 3 is 2.67 bits per heavy atom. The predicted octanol–water partition coefficient (Wildman–Crippen LogP) is 3.75. The Morgan fingerprint density at radius 1 is 1.33 bits per heavy atom. The molecule has 1 aromatic carbocycles. The van der Waals surface area contributed by atoms with Crippen LogP contribution in [0.25, 0.3) is 5.69 Å². The molecule has 2 aromatic rings. The van der Waals surface area contributed by atoms with Crippen molar-refractivity contribution in [2.45, 2.75) is 11.9 Å². The highest BCUT2D eigenvalue weighted by Crippen LogP contribution is 2.32. The molecule has 0 saturated carbocycles. The summed E-state index contributed by atoms with van der Waals surface area (Å²) in [6, 6.07) is 3.80. The lowest BCUT2D eigenvalue weighted by Gasteiger charge is -2.13. The summed E-state index contributed by atoms with van der Waals surface area (Å²) in [5.74, 6) is 0.658. The number of imidazole rings is 1. The van der Waals surface area contributed by atoms with Gasteiger partial charge in [-0.25, -0.2) is 4.98 Å². The van der Waals surface area contributed by atoms with Gasteiger partial charge in [0.15, 0.2) is 0 Å². The van der Waals surface area contributed by atoms with Gasteiger partial charge in [-0.05, 0) is 24.0 Å². The molecule has 0 unspecified atom stereocenters. The van der Waals surface area contributed by atoms with Gasteiger partial charge in [0.05, 0.1) is 17.6 Å². The van der Waals surface area contributed by atoms with Crippen molar-refractivity contribution in [1.29, 1.82) is 0 Å². The summed E-state index contributed by atoms with van der Waals surface area (Å²) in [7, 11) is 0. The number of rotatable bonds is 3. The number of thioether (sulfide) groups is 1. The average molecular weight is 272 g/mol. The summed E-state index contributed by atoms with van der Waals surface area (Å²) in [6.07, 6.45) is 2.27. The first-order valence-electron chi connectivity index (χ1n) is 5.20. The maximum Gasteiger partial charge on any atom is 0.416 e. The molecule has 0 N–H and O–H groups in total. The van der Waals surface area contributed by atoms with Gasteiger partial charge in [0.2, 0.25) is 0 Å². The van der Waals surface area contributed by atoms with E-state index in [2.05, 4.69) is 4.98 Å². The number of nitrogens with zero attached hydrogens (tertiary/aromatic N) is 2. The van der Waals surface area contributed by atoms with E-state index in [1.54, 1.807) is 28.7 Å². The van der Waals surface area contributed by atoms with Crippen LogP contribution in [-0.4, -0.2) is 15.8 Å². The third kappa shape index (κ3) is 2.69. The molecule has 0 bridgehead atoms. The van der Waals surface area contributed by atoms with Crippen molar-refractivity contribution in [1.82, 2.24) is 9.55 Å². The van der Waals surface area contributed by atoms with Crippen molar-refractivity contribution in [3.8, 4) is 5.69 Å². The molecule has 2 rings (SSSR count). The van der Waals surface area contributed by atoms with Gasteiger partial charge in [0.1, 0.15) is 0 Å². The van der Waals surface area contributed by atoms with Gasteiger partial charge >= 0.3 is 6.18 Å². The van der Waals surface area contributed by atoms with Crippen molar-refractivity contribution >= 4 is 11.8 Å². The number of hydrogen-bond acceptors (Lipinski definition) is 2. The summed E-state index contributed by atoms with van der Waals surface area (Å²) in [5, 5.41) is 0. The Hall–Kier alpha value is -1.43. The third-order valence-corrected chi connectivity index (χ3v) is 3.09. The van der Waals surface area contributed by atoms with Crippen LogP contribution in [0.15, 0.2) is 36.9 Å². The fourth-order valence-corrected chi connectivity index (χ4v) is 2.21. The molecule has 1 aromatic heterocycles. The van der Waals surface area contributed by atoms with Gasteiger partial charge < -0.3 is 4.57 Å². The highest BCUT2D eigenvalue weighted by molar-refractivity contribution is 7.97. The Balaban J connectivity index is 2.52. The molecule has 0 saturated heterocycles. The van der Waals surface area contributed by atoms with Crippen LogP contribution < -0.4 is 0 Å². The Labute approximate surface area is 107 Å². The molecule has 0 aliphatic rings. The van der Waals surface area contributed by atoms with Crippen LogP contribution in [0, 0.1) is 0 Å². The van der Waals surface area contributed by atoms with Crippen molar-refractivity contribution in [3.05, 3.63) is 48.0 Å². The molecule has 0 aliphatic heterocycles. The number of alkyl halides is 3. The summed E-state index contributed by atoms with van der Waals surface area (Å²) in [6.45, 7) is 0. The van der Waals surface area contributed by atoms with Crippen molar-refractivity contribution in [2.75, 3.05) is 6.26 Å². The van der Waals surface area contributed by atoms with Crippen LogP contribution in [0.2, 0.25) is 0 Å². The number of benzene rings is 1. The summed E-state index contributed by atoms with van der Waals surface area (Å²) in [4.78, 5) is 3.87.